The Morgan fingerprint density at radius 2 is 1.55 bits per heavy atom. The first-order chi connectivity index (χ1) is 10.8. The van der Waals surface area contributed by atoms with Crippen LogP contribution in [0.1, 0.15) is 18.4 Å². The van der Waals surface area contributed by atoms with E-state index in [4.69, 9.17) is 0 Å². The van der Waals surface area contributed by atoms with Gasteiger partial charge in [0.15, 0.2) is 0 Å². The SMILES string of the molecule is [Si]C(CCCc1cccc2ccccc12)[Si]c1ccccc1. The highest BCUT2D eigenvalue weighted by molar-refractivity contribution is 6.62. The molecule has 1 unspecified atom stereocenters. The van der Waals surface area contributed by atoms with Crippen molar-refractivity contribution in [1.29, 1.82) is 0 Å². The molecule has 0 aliphatic heterocycles. The maximum atomic E-state index is 3.90. The minimum Gasteiger partial charge on any atom is -0.0643 e. The van der Waals surface area contributed by atoms with Crippen LogP contribution in [0.4, 0.5) is 0 Å². The average molecular weight is 316 g/mol. The summed E-state index contributed by atoms with van der Waals surface area (Å²) in [6.07, 6.45) is 3.59. The summed E-state index contributed by atoms with van der Waals surface area (Å²) >= 11 is 0. The fraction of sp³-hybridized carbons (Fsp3) is 0.200. The predicted molar refractivity (Wildman–Crippen MR) is 98.2 cm³/mol. The topological polar surface area (TPSA) is 0 Å². The van der Waals surface area contributed by atoms with Crippen LogP contribution in [0, 0.1) is 0 Å². The van der Waals surface area contributed by atoms with Crippen LogP contribution in [0.15, 0.2) is 72.8 Å². The molecule has 0 saturated heterocycles. The molecule has 1 atom stereocenters. The molecule has 0 N–H and O–H groups in total. The summed E-state index contributed by atoms with van der Waals surface area (Å²) in [7, 11) is 4.75. The van der Waals surface area contributed by atoms with Crippen molar-refractivity contribution in [2.45, 2.75) is 24.4 Å². The molecule has 0 amide bonds. The first-order valence-corrected chi connectivity index (χ1v) is 9.48. The van der Waals surface area contributed by atoms with Gasteiger partial charge >= 0.3 is 0 Å². The number of aryl methyl sites for hydroxylation is 1. The van der Waals surface area contributed by atoms with E-state index in [2.05, 4.69) is 83.0 Å². The standard InChI is InChI=1S/C20H19Si2/c21-20(22-18-12-2-1-3-13-18)15-7-11-17-10-6-9-16-8-4-5-14-19(16)17/h1-6,8-10,12-14,20H,7,11,15H2. The quantitative estimate of drug-likeness (QED) is 0.601. The van der Waals surface area contributed by atoms with Crippen molar-refractivity contribution in [3.8, 4) is 0 Å². The molecule has 0 spiro atoms. The Bertz CT molecular complexity index is 717. The van der Waals surface area contributed by atoms with Crippen molar-refractivity contribution >= 4 is 35.7 Å². The highest BCUT2D eigenvalue weighted by Crippen LogP contribution is 2.21. The van der Waals surface area contributed by atoms with Crippen LogP contribution in [-0.4, -0.2) is 19.8 Å². The number of benzene rings is 3. The van der Waals surface area contributed by atoms with E-state index in [0.29, 0.717) is 5.16 Å². The van der Waals surface area contributed by atoms with E-state index in [9.17, 15) is 0 Å². The zero-order chi connectivity index (χ0) is 15.2. The van der Waals surface area contributed by atoms with E-state index in [-0.39, 0.29) is 0 Å². The molecule has 0 aliphatic rings. The molecule has 2 heteroatoms. The van der Waals surface area contributed by atoms with Gasteiger partial charge in [-0.2, -0.15) is 0 Å². The van der Waals surface area contributed by atoms with Crippen LogP contribution < -0.4 is 5.19 Å². The van der Waals surface area contributed by atoms with Gasteiger partial charge in [0, 0.05) is 10.2 Å². The second kappa shape index (κ2) is 7.57. The highest BCUT2D eigenvalue weighted by atomic mass is 28.2. The summed E-state index contributed by atoms with van der Waals surface area (Å²) in [4.78, 5) is 0. The molecule has 0 heterocycles. The molecule has 0 aromatic heterocycles. The lowest BCUT2D eigenvalue weighted by Gasteiger charge is -2.11. The molecule has 3 aromatic carbocycles. The third kappa shape index (κ3) is 3.96. The Morgan fingerprint density at radius 3 is 2.41 bits per heavy atom. The van der Waals surface area contributed by atoms with Crippen LogP contribution in [0.3, 0.4) is 0 Å². The normalized spacial score (nSPS) is 12.4. The highest BCUT2D eigenvalue weighted by Gasteiger charge is 2.06. The summed E-state index contributed by atoms with van der Waals surface area (Å²) < 4.78 is 0. The minimum absolute atomic E-state index is 0.581. The molecule has 3 rings (SSSR count). The van der Waals surface area contributed by atoms with Crippen molar-refractivity contribution in [3.63, 3.8) is 0 Å². The van der Waals surface area contributed by atoms with Gasteiger partial charge in [-0.15, -0.1) is 0 Å². The summed E-state index contributed by atoms with van der Waals surface area (Å²) in [6.45, 7) is 0. The molecule has 107 valence electrons. The van der Waals surface area contributed by atoms with Gasteiger partial charge in [-0.05, 0) is 29.2 Å². The second-order valence-corrected chi connectivity index (χ2v) is 8.43. The van der Waals surface area contributed by atoms with Gasteiger partial charge in [0.1, 0.15) is 0 Å². The van der Waals surface area contributed by atoms with E-state index < -0.39 is 0 Å². The fourth-order valence-corrected chi connectivity index (χ4v) is 4.65. The van der Waals surface area contributed by atoms with E-state index in [1.165, 1.54) is 34.4 Å². The summed E-state index contributed by atoms with van der Waals surface area (Å²) in [6, 6.07) is 26.1. The zero-order valence-electron chi connectivity index (χ0n) is 12.6. The predicted octanol–water partition coefficient (Wildman–Crippen LogP) is 4.11. The monoisotopic (exact) mass is 315 g/mol. The average Bonchev–Trinajstić information content (AvgIpc) is 2.56. The fourth-order valence-electron chi connectivity index (χ4n) is 2.81. The third-order valence-electron chi connectivity index (χ3n) is 3.93. The van der Waals surface area contributed by atoms with Crippen LogP contribution >= 0.6 is 0 Å². The molecule has 0 nitrogen and oxygen atoms in total. The molecule has 0 fully saturated rings. The van der Waals surface area contributed by atoms with Crippen LogP contribution in [0.25, 0.3) is 10.8 Å². The molecule has 0 saturated carbocycles. The van der Waals surface area contributed by atoms with Gasteiger partial charge in [-0.3, -0.25) is 0 Å². The lowest BCUT2D eigenvalue weighted by Crippen LogP contribution is -2.19. The Hall–Kier alpha value is -1.65. The van der Waals surface area contributed by atoms with E-state index in [0.717, 1.165) is 15.9 Å². The summed E-state index contributed by atoms with van der Waals surface area (Å²) in [5.41, 5.74) is 1.47. The number of rotatable bonds is 6. The third-order valence-corrected chi connectivity index (χ3v) is 5.96. The van der Waals surface area contributed by atoms with Gasteiger partial charge in [0.05, 0.1) is 9.52 Å². The van der Waals surface area contributed by atoms with Crippen molar-refractivity contribution in [1.82, 2.24) is 0 Å². The van der Waals surface area contributed by atoms with E-state index in [1.54, 1.807) is 0 Å². The Balaban J connectivity index is 1.56. The van der Waals surface area contributed by atoms with Gasteiger partial charge in [-0.1, -0.05) is 89.6 Å². The van der Waals surface area contributed by atoms with Crippen molar-refractivity contribution < 1.29 is 0 Å². The van der Waals surface area contributed by atoms with Crippen LogP contribution in [0.2, 0.25) is 5.16 Å². The number of hydrogen-bond donors (Lipinski definition) is 0. The Kier molecular flexibility index (Phi) is 5.25. The first-order valence-electron chi connectivity index (χ1n) is 7.82. The minimum atomic E-state index is 0.581. The molecular formula is C20H19Si2. The lowest BCUT2D eigenvalue weighted by atomic mass is 10.0. The largest absolute Gasteiger partial charge is 0.0805 e. The Labute approximate surface area is 138 Å². The molecule has 0 bridgehead atoms. The molecule has 5 radical (unpaired) electrons. The number of hydrogen-bond acceptors (Lipinski definition) is 0. The van der Waals surface area contributed by atoms with Gasteiger partial charge in [0.2, 0.25) is 0 Å². The van der Waals surface area contributed by atoms with Gasteiger partial charge < -0.3 is 0 Å². The zero-order valence-corrected chi connectivity index (χ0v) is 14.6. The van der Waals surface area contributed by atoms with Gasteiger partial charge in [0.25, 0.3) is 0 Å². The van der Waals surface area contributed by atoms with Crippen molar-refractivity contribution in [3.05, 3.63) is 78.4 Å². The lowest BCUT2D eigenvalue weighted by molar-refractivity contribution is 0.774. The van der Waals surface area contributed by atoms with Gasteiger partial charge in [-0.25, -0.2) is 0 Å². The summed E-state index contributed by atoms with van der Waals surface area (Å²) in [5, 5.41) is 4.77. The first kappa shape index (κ1) is 15.3. The van der Waals surface area contributed by atoms with Crippen molar-refractivity contribution in [2.24, 2.45) is 0 Å². The molecule has 0 aliphatic carbocycles. The smallest absolute Gasteiger partial charge is 0.0643 e. The second-order valence-electron chi connectivity index (χ2n) is 5.59. The van der Waals surface area contributed by atoms with Crippen LogP contribution in [0.5, 0.6) is 0 Å². The molecular weight excluding hydrogens is 296 g/mol. The van der Waals surface area contributed by atoms with Crippen LogP contribution in [-0.2, 0) is 6.42 Å². The number of fused-ring (bicyclic) bond motifs is 1. The molecule has 22 heavy (non-hydrogen) atoms. The summed E-state index contributed by atoms with van der Waals surface area (Å²) in [5.74, 6) is 0. The van der Waals surface area contributed by atoms with Crippen molar-refractivity contribution in [2.75, 3.05) is 0 Å². The molecule has 3 aromatic rings. The maximum absolute atomic E-state index is 3.90. The Morgan fingerprint density at radius 1 is 0.818 bits per heavy atom. The maximum Gasteiger partial charge on any atom is 0.0805 e. The van der Waals surface area contributed by atoms with E-state index >= 15 is 0 Å². The van der Waals surface area contributed by atoms with E-state index in [1.807, 2.05) is 0 Å².